The molecule has 1 N–H and O–H groups in total. The average molecular weight is 564 g/mol. The van der Waals surface area contributed by atoms with Gasteiger partial charge in [-0.15, -0.1) is 0 Å². The third kappa shape index (κ3) is 5.64. The Hall–Kier alpha value is -4.52. The molecule has 1 saturated carbocycles. The highest BCUT2D eigenvalue weighted by Gasteiger charge is 2.36. The van der Waals surface area contributed by atoms with Crippen LogP contribution in [0.5, 0.6) is 0 Å². The molecule has 1 atom stereocenters. The molecule has 1 aliphatic heterocycles. The number of amides is 3. The first-order valence-corrected chi connectivity index (χ1v) is 14.7. The lowest BCUT2D eigenvalue weighted by atomic mass is 9.94. The first-order valence-electron chi connectivity index (χ1n) is 14.7. The van der Waals surface area contributed by atoms with E-state index in [1.807, 2.05) is 60.7 Å². The monoisotopic (exact) mass is 563 g/mol. The maximum atomic E-state index is 15.0. The number of carbonyl (C=O) groups excluding carboxylic acids is 3. The summed E-state index contributed by atoms with van der Waals surface area (Å²) in [4.78, 5) is 44.7. The molecule has 6 nitrogen and oxygen atoms in total. The normalized spacial score (nSPS) is 15.5. The van der Waals surface area contributed by atoms with Gasteiger partial charge in [-0.25, -0.2) is 4.39 Å². The molecule has 0 radical (unpaired) electrons. The molecule has 0 spiro atoms. The van der Waals surface area contributed by atoms with E-state index < -0.39 is 17.8 Å². The summed E-state index contributed by atoms with van der Waals surface area (Å²) in [5.74, 6) is -1.38. The van der Waals surface area contributed by atoms with Gasteiger partial charge in [0.15, 0.2) is 0 Å². The summed E-state index contributed by atoms with van der Waals surface area (Å²) in [5, 5.41) is 4.94. The molecule has 4 aromatic rings. The topological polar surface area (TPSA) is 69.7 Å². The van der Waals surface area contributed by atoms with Gasteiger partial charge < -0.3 is 10.2 Å². The summed E-state index contributed by atoms with van der Waals surface area (Å²) < 4.78 is 15.0. The number of carbonyl (C=O) groups is 3. The van der Waals surface area contributed by atoms with Crippen LogP contribution in [0.15, 0.2) is 91.0 Å². The Morgan fingerprint density at radius 2 is 1.60 bits per heavy atom. The Labute approximate surface area is 245 Å². The van der Waals surface area contributed by atoms with Crippen LogP contribution < -0.4 is 10.2 Å². The van der Waals surface area contributed by atoms with Crippen LogP contribution >= 0.6 is 0 Å². The summed E-state index contributed by atoms with van der Waals surface area (Å²) in [6.07, 6.45) is 5.32. The summed E-state index contributed by atoms with van der Waals surface area (Å²) in [7, 11) is 0. The molecule has 0 unspecified atom stereocenters. The van der Waals surface area contributed by atoms with E-state index in [2.05, 4.69) is 5.32 Å². The fraction of sp³-hybridized carbons (Fsp3) is 0.286. The van der Waals surface area contributed by atoms with E-state index in [1.165, 1.54) is 15.9 Å². The van der Waals surface area contributed by atoms with Crippen molar-refractivity contribution in [3.63, 3.8) is 0 Å². The second-order valence-electron chi connectivity index (χ2n) is 11.2. The first-order chi connectivity index (χ1) is 20.5. The zero-order valence-corrected chi connectivity index (χ0v) is 23.5. The largest absolute Gasteiger partial charge is 0.352 e. The molecule has 0 bridgehead atoms. The van der Waals surface area contributed by atoms with Gasteiger partial charge in [-0.1, -0.05) is 92.1 Å². The summed E-state index contributed by atoms with van der Waals surface area (Å²) >= 11 is 0. The van der Waals surface area contributed by atoms with Gasteiger partial charge in [0.2, 0.25) is 11.8 Å². The number of hydrogen-bond donors (Lipinski definition) is 1. The summed E-state index contributed by atoms with van der Waals surface area (Å²) in [5.41, 5.74) is 2.42. The standard InChI is InChI=1S/C35H34FN3O3/c36-29-19-8-7-13-26(29)22-38(31(21-24-11-3-1-4-12-24)34(41)37-27-16-5-2-6-17-27)32(40)23-39-30-20-10-15-25-14-9-18-28(33(25)30)35(39)42/h1,3-4,7-15,18-20,27,31H,2,5-6,16-17,21-23H2,(H,37,41)/t31-/m0/s1. The van der Waals surface area contributed by atoms with Crippen LogP contribution in [0.25, 0.3) is 10.8 Å². The van der Waals surface area contributed by atoms with Crippen LogP contribution in [0.4, 0.5) is 10.1 Å². The zero-order valence-electron chi connectivity index (χ0n) is 23.5. The van der Waals surface area contributed by atoms with Crippen LogP contribution in [0.3, 0.4) is 0 Å². The van der Waals surface area contributed by atoms with Crippen molar-refractivity contribution in [3.05, 3.63) is 114 Å². The molecule has 0 saturated heterocycles. The van der Waals surface area contributed by atoms with Crippen molar-refractivity contribution < 1.29 is 18.8 Å². The van der Waals surface area contributed by atoms with Crippen LogP contribution in [0.1, 0.15) is 53.6 Å². The van der Waals surface area contributed by atoms with Gasteiger partial charge in [-0.2, -0.15) is 0 Å². The van der Waals surface area contributed by atoms with Gasteiger partial charge in [0.25, 0.3) is 5.91 Å². The third-order valence-corrected chi connectivity index (χ3v) is 8.46. The molecule has 2 aliphatic rings. The molecular formula is C35H34FN3O3. The Kier molecular flexibility index (Phi) is 8.00. The number of halogens is 1. The molecule has 6 rings (SSSR count). The molecule has 1 fully saturated rings. The molecule has 1 aliphatic carbocycles. The van der Waals surface area contributed by atoms with E-state index in [4.69, 9.17) is 0 Å². The predicted octanol–water partition coefficient (Wildman–Crippen LogP) is 6.03. The lowest BCUT2D eigenvalue weighted by Crippen LogP contribution is -2.55. The van der Waals surface area contributed by atoms with E-state index in [0.29, 0.717) is 16.8 Å². The van der Waals surface area contributed by atoms with E-state index in [-0.39, 0.29) is 37.4 Å². The van der Waals surface area contributed by atoms with Crippen molar-refractivity contribution >= 4 is 34.2 Å². The Bertz CT molecular complexity index is 1610. The molecule has 3 amide bonds. The van der Waals surface area contributed by atoms with E-state index in [9.17, 15) is 18.8 Å². The van der Waals surface area contributed by atoms with Gasteiger partial charge in [0.05, 0.1) is 5.69 Å². The van der Waals surface area contributed by atoms with E-state index in [0.717, 1.165) is 48.4 Å². The fourth-order valence-corrected chi connectivity index (χ4v) is 6.27. The minimum Gasteiger partial charge on any atom is -0.352 e. The molecule has 4 aromatic carbocycles. The molecule has 7 heteroatoms. The van der Waals surface area contributed by atoms with Gasteiger partial charge in [0, 0.05) is 35.5 Å². The number of rotatable bonds is 9. The average Bonchev–Trinajstić information content (AvgIpc) is 3.28. The van der Waals surface area contributed by atoms with Crippen molar-refractivity contribution in [3.8, 4) is 0 Å². The maximum absolute atomic E-state index is 15.0. The van der Waals surface area contributed by atoms with Crippen LogP contribution in [0.2, 0.25) is 0 Å². The minimum absolute atomic E-state index is 0.0437. The number of benzene rings is 4. The smallest absolute Gasteiger partial charge is 0.259 e. The first kappa shape index (κ1) is 27.6. The fourth-order valence-electron chi connectivity index (χ4n) is 6.27. The molecular weight excluding hydrogens is 529 g/mol. The second kappa shape index (κ2) is 12.1. The third-order valence-electron chi connectivity index (χ3n) is 8.46. The molecule has 214 valence electrons. The highest BCUT2D eigenvalue weighted by molar-refractivity contribution is 6.26. The van der Waals surface area contributed by atoms with Gasteiger partial charge >= 0.3 is 0 Å². The lowest BCUT2D eigenvalue weighted by molar-refractivity contribution is -0.140. The molecule has 0 aromatic heterocycles. The molecule has 1 heterocycles. The molecule has 42 heavy (non-hydrogen) atoms. The summed E-state index contributed by atoms with van der Waals surface area (Å²) in [6, 6.07) is 26.2. The number of hydrogen-bond acceptors (Lipinski definition) is 3. The van der Waals surface area contributed by atoms with Gasteiger partial charge in [-0.05, 0) is 42.0 Å². The van der Waals surface area contributed by atoms with Crippen molar-refractivity contribution in [2.75, 3.05) is 11.4 Å². The van der Waals surface area contributed by atoms with Crippen molar-refractivity contribution in [1.82, 2.24) is 10.2 Å². The van der Waals surface area contributed by atoms with Crippen molar-refractivity contribution in [2.24, 2.45) is 0 Å². The van der Waals surface area contributed by atoms with E-state index >= 15 is 0 Å². The zero-order chi connectivity index (χ0) is 29.1. The van der Waals surface area contributed by atoms with Crippen molar-refractivity contribution in [2.45, 2.75) is 57.2 Å². The SMILES string of the molecule is O=C(NC1CCCCC1)[C@H](Cc1ccccc1)N(Cc1ccccc1F)C(=O)CN1C(=O)c2cccc3cccc1c23. The lowest BCUT2D eigenvalue weighted by Gasteiger charge is -2.34. The number of nitrogens with one attached hydrogen (secondary N) is 1. The quantitative estimate of drug-likeness (QED) is 0.271. The highest BCUT2D eigenvalue weighted by Crippen LogP contribution is 2.37. The number of nitrogens with zero attached hydrogens (tertiary/aromatic N) is 2. The Morgan fingerprint density at radius 1 is 0.881 bits per heavy atom. The van der Waals surface area contributed by atoms with Gasteiger partial charge in [0.1, 0.15) is 18.4 Å². The van der Waals surface area contributed by atoms with Crippen LogP contribution in [-0.2, 0) is 22.6 Å². The highest BCUT2D eigenvalue weighted by atomic mass is 19.1. The van der Waals surface area contributed by atoms with Gasteiger partial charge in [-0.3, -0.25) is 19.3 Å². The summed E-state index contributed by atoms with van der Waals surface area (Å²) in [6.45, 7) is -0.358. The van der Waals surface area contributed by atoms with Crippen LogP contribution in [-0.4, -0.2) is 41.2 Å². The maximum Gasteiger partial charge on any atom is 0.259 e. The minimum atomic E-state index is -0.891. The predicted molar refractivity (Wildman–Crippen MR) is 162 cm³/mol. The van der Waals surface area contributed by atoms with Crippen LogP contribution in [0, 0.1) is 5.82 Å². The Balaban J connectivity index is 1.35. The van der Waals surface area contributed by atoms with Crippen molar-refractivity contribution in [1.29, 1.82) is 0 Å². The Morgan fingerprint density at radius 3 is 2.36 bits per heavy atom. The second-order valence-corrected chi connectivity index (χ2v) is 11.2. The van der Waals surface area contributed by atoms with E-state index in [1.54, 1.807) is 24.3 Å². The number of anilines is 1.